The van der Waals surface area contributed by atoms with Crippen LogP contribution in [-0.4, -0.2) is 24.6 Å². The van der Waals surface area contributed by atoms with Crippen LogP contribution < -0.4 is 4.90 Å². The smallest absolute Gasteiger partial charge is 0.339 e. The Balaban J connectivity index is 2.54. The van der Waals surface area contributed by atoms with Gasteiger partial charge in [-0.05, 0) is 53.1 Å². The van der Waals surface area contributed by atoms with Crippen LogP contribution in [0.1, 0.15) is 70.0 Å². The van der Waals surface area contributed by atoms with E-state index in [1.54, 1.807) is 12.3 Å². The summed E-state index contributed by atoms with van der Waals surface area (Å²) in [5, 5.41) is 0. The van der Waals surface area contributed by atoms with Gasteiger partial charge in [-0.25, -0.2) is 9.78 Å². The number of esters is 1. The number of rotatable bonds is 4. The lowest BCUT2D eigenvalue weighted by molar-refractivity contribution is 0.0600. The standard InChI is InChI=1S/C23H32N2O2/c1-9-25(20-11-10-16(15-24-20)21(26)27-8)19-13-17(22(2,3)4)12-18(14-19)23(5,6)7/h10-15H,9H2,1-8H3. The van der Waals surface area contributed by atoms with Gasteiger partial charge in [0.25, 0.3) is 0 Å². The lowest BCUT2D eigenvalue weighted by Crippen LogP contribution is -2.22. The molecular formula is C23H32N2O2. The van der Waals surface area contributed by atoms with Crippen molar-refractivity contribution in [2.75, 3.05) is 18.6 Å². The van der Waals surface area contributed by atoms with E-state index in [0.717, 1.165) is 18.1 Å². The van der Waals surface area contributed by atoms with Gasteiger partial charge in [0.15, 0.2) is 0 Å². The van der Waals surface area contributed by atoms with Crippen LogP contribution in [0.15, 0.2) is 36.5 Å². The van der Waals surface area contributed by atoms with Gasteiger partial charge in [0.05, 0.1) is 12.7 Å². The van der Waals surface area contributed by atoms with Crippen LogP contribution in [0, 0.1) is 0 Å². The molecule has 0 spiro atoms. The Morgan fingerprint density at radius 1 is 1.00 bits per heavy atom. The number of pyridine rings is 1. The van der Waals surface area contributed by atoms with Crippen molar-refractivity contribution in [1.82, 2.24) is 4.98 Å². The summed E-state index contributed by atoms with van der Waals surface area (Å²) in [7, 11) is 1.38. The van der Waals surface area contributed by atoms with Crippen LogP contribution in [-0.2, 0) is 15.6 Å². The number of carbonyl (C=O) groups excluding carboxylic acids is 1. The van der Waals surface area contributed by atoms with Crippen LogP contribution in [0.25, 0.3) is 0 Å². The number of ether oxygens (including phenoxy) is 1. The molecular weight excluding hydrogens is 336 g/mol. The maximum absolute atomic E-state index is 11.7. The Bertz CT molecular complexity index is 764. The highest BCUT2D eigenvalue weighted by molar-refractivity contribution is 5.89. The average Bonchev–Trinajstić information content (AvgIpc) is 2.60. The van der Waals surface area contributed by atoms with Crippen molar-refractivity contribution >= 4 is 17.5 Å². The summed E-state index contributed by atoms with van der Waals surface area (Å²) < 4.78 is 4.76. The van der Waals surface area contributed by atoms with Crippen molar-refractivity contribution in [1.29, 1.82) is 0 Å². The van der Waals surface area contributed by atoms with Crippen molar-refractivity contribution < 1.29 is 9.53 Å². The first-order valence-corrected chi connectivity index (χ1v) is 9.45. The zero-order valence-electron chi connectivity index (χ0n) is 17.9. The Morgan fingerprint density at radius 2 is 1.56 bits per heavy atom. The molecule has 4 heteroatoms. The number of hydrogen-bond acceptors (Lipinski definition) is 4. The highest BCUT2D eigenvalue weighted by Gasteiger charge is 2.22. The SMILES string of the molecule is CCN(c1cc(C(C)(C)C)cc(C(C)(C)C)c1)c1ccc(C(=O)OC)cn1. The third-order valence-electron chi connectivity index (χ3n) is 4.72. The quantitative estimate of drug-likeness (QED) is 0.657. The summed E-state index contributed by atoms with van der Waals surface area (Å²) in [4.78, 5) is 18.3. The first-order valence-electron chi connectivity index (χ1n) is 9.45. The van der Waals surface area contributed by atoms with E-state index in [-0.39, 0.29) is 16.8 Å². The van der Waals surface area contributed by atoms with Gasteiger partial charge in [-0.3, -0.25) is 0 Å². The van der Waals surface area contributed by atoms with Crippen molar-refractivity contribution in [2.24, 2.45) is 0 Å². The van der Waals surface area contributed by atoms with Gasteiger partial charge in [0, 0.05) is 18.4 Å². The van der Waals surface area contributed by atoms with Crippen molar-refractivity contribution in [3.05, 3.63) is 53.2 Å². The molecule has 1 heterocycles. The number of anilines is 2. The summed E-state index contributed by atoms with van der Waals surface area (Å²) >= 11 is 0. The van der Waals surface area contributed by atoms with E-state index in [0.29, 0.717) is 5.56 Å². The summed E-state index contributed by atoms with van der Waals surface area (Å²) in [6.45, 7) is 16.3. The molecule has 0 fully saturated rings. The van der Waals surface area contributed by atoms with E-state index in [4.69, 9.17) is 4.74 Å². The molecule has 0 unspecified atom stereocenters. The number of nitrogens with zero attached hydrogens (tertiary/aromatic N) is 2. The van der Waals surface area contributed by atoms with Gasteiger partial charge < -0.3 is 9.64 Å². The molecule has 4 nitrogen and oxygen atoms in total. The van der Waals surface area contributed by atoms with E-state index in [1.165, 1.54) is 18.2 Å². The molecule has 27 heavy (non-hydrogen) atoms. The number of hydrogen-bond donors (Lipinski definition) is 0. The van der Waals surface area contributed by atoms with Crippen LogP contribution in [0.4, 0.5) is 11.5 Å². The highest BCUT2D eigenvalue weighted by Crippen LogP contribution is 2.35. The molecule has 0 saturated carbocycles. The summed E-state index contributed by atoms with van der Waals surface area (Å²) in [6, 6.07) is 10.4. The minimum Gasteiger partial charge on any atom is -0.465 e. The zero-order valence-corrected chi connectivity index (χ0v) is 17.9. The Morgan fingerprint density at radius 3 is 1.93 bits per heavy atom. The van der Waals surface area contributed by atoms with Crippen LogP contribution in [0.2, 0.25) is 0 Å². The molecule has 0 aliphatic carbocycles. The van der Waals surface area contributed by atoms with E-state index < -0.39 is 0 Å². The van der Waals surface area contributed by atoms with Gasteiger partial charge in [-0.2, -0.15) is 0 Å². The maximum atomic E-state index is 11.7. The molecule has 0 aliphatic rings. The second kappa shape index (κ2) is 7.71. The van der Waals surface area contributed by atoms with Crippen molar-refractivity contribution in [3.8, 4) is 0 Å². The normalized spacial score (nSPS) is 12.0. The summed E-state index contributed by atoms with van der Waals surface area (Å²) in [5.41, 5.74) is 4.28. The van der Waals surface area contributed by atoms with Crippen LogP contribution >= 0.6 is 0 Å². The van der Waals surface area contributed by atoms with Crippen LogP contribution in [0.5, 0.6) is 0 Å². The second-order valence-corrected chi connectivity index (χ2v) is 8.91. The second-order valence-electron chi connectivity index (χ2n) is 8.91. The Kier molecular flexibility index (Phi) is 5.98. The fourth-order valence-corrected chi connectivity index (χ4v) is 2.89. The minimum absolute atomic E-state index is 0.0532. The highest BCUT2D eigenvalue weighted by atomic mass is 16.5. The van der Waals surface area contributed by atoms with Crippen molar-refractivity contribution in [2.45, 2.75) is 59.3 Å². The molecule has 0 aliphatic heterocycles. The lowest BCUT2D eigenvalue weighted by atomic mass is 9.80. The maximum Gasteiger partial charge on any atom is 0.339 e. The fourth-order valence-electron chi connectivity index (χ4n) is 2.89. The van der Waals surface area contributed by atoms with E-state index >= 15 is 0 Å². The first-order chi connectivity index (χ1) is 12.5. The Hall–Kier alpha value is -2.36. The third-order valence-corrected chi connectivity index (χ3v) is 4.72. The molecule has 2 aromatic rings. The van der Waals surface area contributed by atoms with Crippen LogP contribution in [0.3, 0.4) is 0 Å². The zero-order chi connectivity index (χ0) is 20.4. The molecule has 1 aromatic carbocycles. The van der Waals surface area contributed by atoms with Gasteiger partial charge in [0.1, 0.15) is 5.82 Å². The predicted molar refractivity (Wildman–Crippen MR) is 112 cm³/mol. The molecule has 0 N–H and O–H groups in total. The first kappa shape index (κ1) is 20.9. The van der Waals surface area contributed by atoms with Gasteiger partial charge in [0.2, 0.25) is 0 Å². The molecule has 0 bridgehead atoms. The summed E-state index contributed by atoms with van der Waals surface area (Å²) in [6.07, 6.45) is 1.57. The molecule has 0 atom stereocenters. The molecule has 1 aromatic heterocycles. The number of aromatic nitrogens is 1. The van der Waals surface area contributed by atoms with E-state index in [2.05, 4.69) is 76.5 Å². The minimum atomic E-state index is -0.373. The third kappa shape index (κ3) is 4.88. The van der Waals surface area contributed by atoms with Gasteiger partial charge in [-0.15, -0.1) is 0 Å². The Labute approximate surface area is 163 Å². The summed E-state index contributed by atoms with van der Waals surface area (Å²) in [5.74, 6) is 0.443. The molecule has 0 saturated heterocycles. The fraction of sp³-hybridized carbons (Fsp3) is 0.478. The topological polar surface area (TPSA) is 42.4 Å². The predicted octanol–water partition coefficient (Wildman–Crippen LogP) is 5.62. The van der Waals surface area contributed by atoms with Crippen molar-refractivity contribution in [3.63, 3.8) is 0 Å². The number of benzene rings is 1. The monoisotopic (exact) mass is 368 g/mol. The number of methoxy groups -OCH3 is 1. The lowest BCUT2D eigenvalue weighted by Gasteiger charge is -2.30. The largest absolute Gasteiger partial charge is 0.465 e. The molecule has 2 rings (SSSR count). The van der Waals surface area contributed by atoms with E-state index in [1.807, 2.05) is 6.07 Å². The molecule has 0 radical (unpaired) electrons. The number of carbonyl (C=O) groups is 1. The van der Waals surface area contributed by atoms with Gasteiger partial charge >= 0.3 is 5.97 Å². The van der Waals surface area contributed by atoms with Gasteiger partial charge in [-0.1, -0.05) is 47.6 Å². The van der Waals surface area contributed by atoms with E-state index in [9.17, 15) is 4.79 Å². The molecule has 146 valence electrons. The average molecular weight is 369 g/mol. The molecule has 0 amide bonds.